The van der Waals surface area contributed by atoms with Gasteiger partial charge in [0.2, 0.25) is 0 Å². The molecule has 1 aliphatic heterocycles. The molecule has 2 heterocycles. The molecule has 1 atom stereocenters. The number of nitrogens with zero attached hydrogens (tertiary/aromatic N) is 4. The van der Waals surface area contributed by atoms with E-state index in [0.717, 1.165) is 28.5 Å². The lowest BCUT2D eigenvalue weighted by molar-refractivity contribution is -0.137. The molecule has 11 heteroatoms. The van der Waals surface area contributed by atoms with Gasteiger partial charge in [0.15, 0.2) is 5.82 Å². The molecular weight excluding hydrogens is 517 g/mol. The summed E-state index contributed by atoms with van der Waals surface area (Å²) in [5.41, 5.74) is -0.414. The first-order valence-electron chi connectivity index (χ1n) is 12.4. The molecule has 0 bridgehead atoms. The van der Waals surface area contributed by atoms with Crippen molar-refractivity contribution in [3.8, 4) is 11.3 Å². The molecule has 0 aliphatic carbocycles. The molecule has 0 saturated carbocycles. The van der Waals surface area contributed by atoms with Crippen LogP contribution in [-0.4, -0.2) is 46.8 Å². The van der Waals surface area contributed by atoms with Crippen molar-refractivity contribution in [1.82, 2.24) is 15.1 Å². The first-order chi connectivity index (χ1) is 18.7. The van der Waals surface area contributed by atoms with E-state index in [2.05, 4.69) is 15.5 Å². The van der Waals surface area contributed by atoms with Gasteiger partial charge in [0.1, 0.15) is 17.3 Å². The summed E-state index contributed by atoms with van der Waals surface area (Å²) < 4.78 is 67.2. The Hall–Kier alpha value is -4.28. The Kier molecular flexibility index (Phi) is 7.07. The second kappa shape index (κ2) is 10.5. The molecule has 1 N–H and O–H groups in total. The monoisotopic (exact) mass is 541 g/mol. The summed E-state index contributed by atoms with van der Waals surface area (Å²) in [6, 6.07) is 14.7. The highest BCUT2D eigenvalue weighted by Crippen LogP contribution is 2.36. The number of piperazine rings is 1. The minimum atomic E-state index is -4.83. The third-order valence-corrected chi connectivity index (χ3v) is 6.83. The van der Waals surface area contributed by atoms with Crippen LogP contribution in [0.5, 0.6) is 0 Å². The summed E-state index contributed by atoms with van der Waals surface area (Å²) in [5.74, 6) is -0.777. The van der Waals surface area contributed by atoms with E-state index in [1.165, 1.54) is 17.0 Å². The van der Waals surface area contributed by atoms with Gasteiger partial charge < -0.3 is 15.1 Å². The van der Waals surface area contributed by atoms with E-state index < -0.39 is 29.3 Å². The molecule has 0 radical (unpaired) electrons. The van der Waals surface area contributed by atoms with E-state index in [1.807, 2.05) is 36.1 Å². The largest absolute Gasteiger partial charge is 0.418 e. The Labute approximate surface area is 221 Å². The lowest BCUT2D eigenvalue weighted by Gasteiger charge is -2.41. The highest BCUT2D eigenvalue weighted by molar-refractivity contribution is 6.00. The van der Waals surface area contributed by atoms with Gasteiger partial charge in [0, 0.05) is 36.0 Å². The van der Waals surface area contributed by atoms with Gasteiger partial charge in [-0.2, -0.15) is 13.2 Å². The minimum absolute atomic E-state index is 0.225. The molecular formula is C28H24F5N5O. The molecule has 6 nitrogen and oxygen atoms in total. The number of nitrogens with one attached hydrogen (secondary N) is 1. The van der Waals surface area contributed by atoms with E-state index >= 15 is 0 Å². The number of fused-ring (bicyclic) bond motifs is 1. The third-order valence-electron chi connectivity index (χ3n) is 6.83. The van der Waals surface area contributed by atoms with Crippen molar-refractivity contribution in [2.24, 2.45) is 0 Å². The Morgan fingerprint density at radius 2 is 1.64 bits per heavy atom. The molecule has 0 unspecified atom stereocenters. The fourth-order valence-electron chi connectivity index (χ4n) is 4.86. The van der Waals surface area contributed by atoms with E-state index in [-0.39, 0.29) is 18.4 Å². The lowest BCUT2D eigenvalue weighted by Crippen LogP contribution is -2.56. The van der Waals surface area contributed by atoms with Crippen LogP contribution in [0, 0.1) is 11.6 Å². The SMILES string of the molecule is CC[C@H]1CN(c2nnc(-c3ccc(F)cc3)c3ccccc23)CCN1C(=O)Nc1ccc(F)cc1C(F)(F)F. The van der Waals surface area contributed by atoms with Crippen molar-refractivity contribution < 1.29 is 26.7 Å². The summed E-state index contributed by atoms with van der Waals surface area (Å²) in [5, 5.41) is 12.9. The van der Waals surface area contributed by atoms with Gasteiger partial charge in [-0.05, 0) is 48.9 Å². The zero-order chi connectivity index (χ0) is 27.7. The third kappa shape index (κ3) is 5.34. The van der Waals surface area contributed by atoms with E-state index in [1.54, 1.807) is 12.1 Å². The van der Waals surface area contributed by atoms with Crippen LogP contribution in [0.3, 0.4) is 0 Å². The number of urea groups is 1. The zero-order valence-corrected chi connectivity index (χ0v) is 20.8. The molecule has 0 spiro atoms. The predicted octanol–water partition coefficient (Wildman–Crippen LogP) is 6.73. The predicted molar refractivity (Wildman–Crippen MR) is 138 cm³/mol. The number of anilines is 2. The number of benzene rings is 3. The Bertz CT molecular complexity index is 1510. The van der Waals surface area contributed by atoms with Gasteiger partial charge in [0.05, 0.1) is 17.3 Å². The average Bonchev–Trinajstić information content (AvgIpc) is 2.93. The second-order valence-electron chi connectivity index (χ2n) is 9.24. The molecule has 5 rings (SSSR count). The highest BCUT2D eigenvalue weighted by Gasteiger charge is 2.36. The summed E-state index contributed by atoms with van der Waals surface area (Å²) in [7, 11) is 0. The summed E-state index contributed by atoms with van der Waals surface area (Å²) in [4.78, 5) is 16.6. The Morgan fingerprint density at radius 3 is 2.33 bits per heavy atom. The molecule has 39 heavy (non-hydrogen) atoms. The fourth-order valence-corrected chi connectivity index (χ4v) is 4.86. The summed E-state index contributed by atoms with van der Waals surface area (Å²) in [6.45, 7) is 2.86. The number of halogens is 5. The van der Waals surface area contributed by atoms with Crippen LogP contribution in [-0.2, 0) is 6.18 Å². The number of hydrogen-bond acceptors (Lipinski definition) is 4. The van der Waals surface area contributed by atoms with Gasteiger partial charge >= 0.3 is 12.2 Å². The molecule has 3 aromatic carbocycles. The summed E-state index contributed by atoms with van der Waals surface area (Å²) in [6.07, 6.45) is -4.29. The standard InChI is InChI=1S/C28H24F5N5O/c1-2-20-16-37(13-14-38(20)27(39)34-24-12-11-19(30)15-23(24)28(31,32)33)26-22-6-4-3-5-21(22)25(35-36-26)17-7-9-18(29)10-8-17/h3-12,15,20H,2,13-14,16H2,1H3,(H,34,39)/t20-/m0/s1. The molecule has 202 valence electrons. The number of alkyl halides is 3. The maximum absolute atomic E-state index is 13.5. The molecule has 4 aromatic rings. The Morgan fingerprint density at radius 1 is 0.949 bits per heavy atom. The van der Waals surface area contributed by atoms with Gasteiger partial charge in [-0.1, -0.05) is 31.2 Å². The highest BCUT2D eigenvalue weighted by atomic mass is 19.4. The maximum Gasteiger partial charge on any atom is 0.418 e. The van der Waals surface area contributed by atoms with Crippen LogP contribution in [0.2, 0.25) is 0 Å². The first-order valence-corrected chi connectivity index (χ1v) is 12.4. The van der Waals surface area contributed by atoms with Crippen LogP contribution >= 0.6 is 0 Å². The minimum Gasteiger partial charge on any atom is -0.351 e. The number of hydrogen-bond donors (Lipinski definition) is 1. The molecule has 1 fully saturated rings. The van der Waals surface area contributed by atoms with Crippen LogP contribution < -0.4 is 10.2 Å². The quantitative estimate of drug-likeness (QED) is 0.291. The van der Waals surface area contributed by atoms with Crippen molar-refractivity contribution in [3.05, 3.63) is 83.9 Å². The molecule has 2 amide bonds. The lowest BCUT2D eigenvalue weighted by atomic mass is 10.0. The number of carbonyl (C=O) groups excluding carboxylic acids is 1. The average molecular weight is 542 g/mol. The second-order valence-corrected chi connectivity index (χ2v) is 9.24. The van der Waals surface area contributed by atoms with Gasteiger partial charge in [-0.25, -0.2) is 13.6 Å². The summed E-state index contributed by atoms with van der Waals surface area (Å²) >= 11 is 0. The van der Waals surface area contributed by atoms with Gasteiger partial charge in [0.25, 0.3) is 0 Å². The van der Waals surface area contributed by atoms with Crippen molar-refractivity contribution in [2.45, 2.75) is 25.6 Å². The molecule has 1 aliphatic rings. The van der Waals surface area contributed by atoms with Crippen LogP contribution in [0.25, 0.3) is 22.0 Å². The number of carbonyl (C=O) groups is 1. The van der Waals surface area contributed by atoms with Crippen LogP contribution in [0.15, 0.2) is 66.7 Å². The number of aromatic nitrogens is 2. The van der Waals surface area contributed by atoms with E-state index in [9.17, 15) is 26.7 Å². The zero-order valence-electron chi connectivity index (χ0n) is 20.8. The van der Waals surface area contributed by atoms with Gasteiger partial charge in [-0.3, -0.25) is 0 Å². The Balaban J connectivity index is 1.39. The molecule has 1 aromatic heterocycles. The van der Waals surface area contributed by atoms with Crippen molar-refractivity contribution in [2.75, 3.05) is 29.9 Å². The van der Waals surface area contributed by atoms with Crippen molar-refractivity contribution in [3.63, 3.8) is 0 Å². The maximum atomic E-state index is 13.5. The smallest absolute Gasteiger partial charge is 0.351 e. The number of rotatable bonds is 4. The number of amides is 2. The molecule has 1 saturated heterocycles. The van der Waals surface area contributed by atoms with Crippen molar-refractivity contribution >= 4 is 28.3 Å². The van der Waals surface area contributed by atoms with E-state index in [0.29, 0.717) is 37.1 Å². The van der Waals surface area contributed by atoms with Gasteiger partial charge in [-0.15, -0.1) is 10.2 Å². The van der Waals surface area contributed by atoms with Crippen molar-refractivity contribution in [1.29, 1.82) is 0 Å². The topological polar surface area (TPSA) is 61.4 Å². The van der Waals surface area contributed by atoms with Crippen LogP contribution in [0.4, 0.5) is 38.3 Å². The normalized spacial score (nSPS) is 16.0. The first kappa shape index (κ1) is 26.3. The van der Waals surface area contributed by atoms with E-state index in [4.69, 9.17) is 0 Å². The van der Waals surface area contributed by atoms with Crippen LogP contribution in [0.1, 0.15) is 18.9 Å². The fraction of sp³-hybridized carbons (Fsp3) is 0.250.